The standard InChI is InChI=1S/C10H20N2O3.C2H6/c1-11-4-6-12(7-5-11)9(8-14-2)10(13)15-3;1-2/h9H,4-8H2,1-3H3;1-2H3. The highest BCUT2D eigenvalue weighted by molar-refractivity contribution is 5.75. The van der Waals surface area contributed by atoms with Crippen LogP contribution >= 0.6 is 0 Å². The molecule has 1 heterocycles. The fourth-order valence-corrected chi connectivity index (χ4v) is 1.75. The van der Waals surface area contributed by atoms with Crippen LogP contribution in [0.1, 0.15) is 13.8 Å². The first-order valence-electron chi connectivity index (χ1n) is 6.18. The molecule has 0 saturated carbocycles. The highest BCUT2D eigenvalue weighted by Gasteiger charge is 2.28. The van der Waals surface area contributed by atoms with Gasteiger partial charge in [-0.3, -0.25) is 9.69 Å². The summed E-state index contributed by atoms with van der Waals surface area (Å²) in [6, 6.07) is -0.256. The Morgan fingerprint density at radius 3 is 2.12 bits per heavy atom. The Kier molecular flexibility index (Phi) is 9.03. The number of likely N-dealkylation sites (N-methyl/N-ethyl adjacent to an activating group) is 1. The van der Waals surface area contributed by atoms with Gasteiger partial charge in [-0.1, -0.05) is 13.8 Å². The molecule has 0 amide bonds. The van der Waals surface area contributed by atoms with Crippen LogP contribution in [0, 0.1) is 0 Å². The number of rotatable bonds is 4. The second kappa shape index (κ2) is 9.39. The van der Waals surface area contributed by atoms with E-state index >= 15 is 0 Å². The Morgan fingerprint density at radius 1 is 1.18 bits per heavy atom. The number of esters is 1. The molecule has 1 fully saturated rings. The molecule has 5 heteroatoms. The van der Waals surface area contributed by atoms with Gasteiger partial charge in [0.25, 0.3) is 0 Å². The van der Waals surface area contributed by atoms with Gasteiger partial charge < -0.3 is 14.4 Å². The number of hydrogen-bond acceptors (Lipinski definition) is 5. The summed E-state index contributed by atoms with van der Waals surface area (Å²) in [4.78, 5) is 15.9. The van der Waals surface area contributed by atoms with E-state index in [0.29, 0.717) is 6.61 Å². The smallest absolute Gasteiger partial charge is 0.325 e. The van der Waals surface area contributed by atoms with Crippen molar-refractivity contribution in [2.75, 3.05) is 54.1 Å². The van der Waals surface area contributed by atoms with Crippen LogP contribution in [0.2, 0.25) is 0 Å². The van der Waals surface area contributed by atoms with Gasteiger partial charge in [-0.2, -0.15) is 0 Å². The van der Waals surface area contributed by atoms with Gasteiger partial charge in [-0.25, -0.2) is 0 Å². The van der Waals surface area contributed by atoms with E-state index in [0.717, 1.165) is 26.2 Å². The van der Waals surface area contributed by atoms with Gasteiger partial charge >= 0.3 is 5.97 Å². The third-order valence-electron chi connectivity index (χ3n) is 2.78. The number of carbonyl (C=O) groups excluding carboxylic acids is 1. The minimum absolute atomic E-state index is 0.207. The van der Waals surface area contributed by atoms with Gasteiger partial charge in [-0.15, -0.1) is 0 Å². The normalized spacial score (nSPS) is 19.1. The van der Waals surface area contributed by atoms with Crippen molar-refractivity contribution in [3.8, 4) is 0 Å². The zero-order chi connectivity index (χ0) is 13.3. The van der Waals surface area contributed by atoms with Crippen molar-refractivity contribution in [3.05, 3.63) is 0 Å². The second-order valence-electron chi connectivity index (χ2n) is 3.83. The van der Waals surface area contributed by atoms with Crippen LogP contribution in [0.15, 0.2) is 0 Å². The molecular weight excluding hydrogens is 220 g/mol. The molecule has 0 aromatic rings. The molecule has 0 aromatic carbocycles. The summed E-state index contributed by atoms with van der Waals surface area (Å²) >= 11 is 0. The molecule has 1 saturated heterocycles. The number of methoxy groups -OCH3 is 2. The van der Waals surface area contributed by atoms with Crippen LogP contribution < -0.4 is 0 Å². The van der Waals surface area contributed by atoms with Crippen molar-refractivity contribution in [2.24, 2.45) is 0 Å². The summed E-state index contributed by atoms with van der Waals surface area (Å²) < 4.78 is 9.82. The molecule has 1 aliphatic rings. The molecule has 0 bridgehead atoms. The summed E-state index contributed by atoms with van der Waals surface area (Å²) in [6.45, 7) is 8.14. The van der Waals surface area contributed by atoms with Crippen molar-refractivity contribution in [2.45, 2.75) is 19.9 Å². The van der Waals surface area contributed by atoms with Gasteiger partial charge in [0.05, 0.1) is 13.7 Å². The van der Waals surface area contributed by atoms with Crippen molar-refractivity contribution < 1.29 is 14.3 Å². The summed E-state index contributed by atoms with van der Waals surface area (Å²) in [7, 11) is 5.11. The van der Waals surface area contributed by atoms with E-state index in [-0.39, 0.29) is 12.0 Å². The first-order valence-corrected chi connectivity index (χ1v) is 6.18. The number of nitrogens with zero attached hydrogens (tertiary/aromatic N) is 2. The van der Waals surface area contributed by atoms with Crippen LogP contribution in [0.5, 0.6) is 0 Å². The molecule has 1 unspecified atom stereocenters. The van der Waals surface area contributed by atoms with E-state index in [1.165, 1.54) is 7.11 Å². The van der Waals surface area contributed by atoms with Crippen LogP contribution in [-0.4, -0.2) is 75.9 Å². The van der Waals surface area contributed by atoms with E-state index in [4.69, 9.17) is 9.47 Å². The average Bonchev–Trinajstić information content (AvgIpc) is 2.39. The van der Waals surface area contributed by atoms with Gasteiger partial charge in [0, 0.05) is 33.3 Å². The fourth-order valence-electron chi connectivity index (χ4n) is 1.75. The highest BCUT2D eigenvalue weighted by atomic mass is 16.5. The molecule has 17 heavy (non-hydrogen) atoms. The van der Waals surface area contributed by atoms with Crippen molar-refractivity contribution in [1.82, 2.24) is 9.80 Å². The van der Waals surface area contributed by atoms with Crippen molar-refractivity contribution in [3.63, 3.8) is 0 Å². The molecule has 1 rings (SSSR count). The molecule has 5 nitrogen and oxygen atoms in total. The lowest BCUT2D eigenvalue weighted by Gasteiger charge is -2.36. The van der Waals surface area contributed by atoms with E-state index in [2.05, 4.69) is 16.8 Å². The molecule has 102 valence electrons. The molecule has 0 radical (unpaired) electrons. The van der Waals surface area contributed by atoms with E-state index in [1.807, 2.05) is 13.8 Å². The average molecular weight is 246 g/mol. The number of piperazine rings is 1. The van der Waals surface area contributed by atoms with Gasteiger partial charge in [-0.05, 0) is 7.05 Å². The lowest BCUT2D eigenvalue weighted by Crippen LogP contribution is -2.53. The van der Waals surface area contributed by atoms with Crippen LogP contribution in [0.25, 0.3) is 0 Å². The third kappa shape index (κ3) is 5.48. The predicted octanol–water partition coefficient (Wildman–Crippen LogP) is 0.448. The molecule has 1 atom stereocenters. The Hall–Kier alpha value is -0.650. The topological polar surface area (TPSA) is 42.0 Å². The van der Waals surface area contributed by atoms with Gasteiger partial charge in [0.2, 0.25) is 0 Å². The quantitative estimate of drug-likeness (QED) is 0.674. The van der Waals surface area contributed by atoms with Crippen molar-refractivity contribution in [1.29, 1.82) is 0 Å². The first kappa shape index (κ1) is 16.4. The Morgan fingerprint density at radius 2 is 1.71 bits per heavy atom. The molecular formula is C12H26N2O3. The fraction of sp³-hybridized carbons (Fsp3) is 0.917. The lowest BCUT2D eigenvalue weighted by atomic mass is 10.2. The maximum atomic E-state index is 11.5. The largest absolute Gasteiger partial charge is 0.468 e. The molecule has 0 spiro atoms. The van der Waals surface area contributed by atoms with Crippen LogP contribution in [0.4, 0.5) is 0 Å². The van der Waals surface area contributed by atoms with E-state index in [1.54, 1.807) is 7.11 Å². The van der Waals surface area contributed by atoms with E-state index < -0.39 is 0 Å². The molecule has 0 N–H and O–H groups in total. The maximum Gasteiger partial charge on any atom is 0.325 e. The van der Waals surface area contributed by atoms with Crippen molar-refractivity contribution >= 4 is 5.97 Å². The number of hydrogen-bond donors (Lipinski definition) is 0. The van der Waals surface area contributed by atoms with Crippen LogP contribution in [0.3, 0.4) is 0 Å². The zero-order valence-electron chi connectivity index (χ0n) is 11.7. The molecule has 1 aliphatic heterocycles. The number of carbonyl (C=O) groups is 1. The predicted molar refractivity (Wildman–Crippen MR) is 68.1 cm³/mol. The van der Waals surface area contributed by atoms with Crippen LogP contribution in [-0.2, 0) is 14.3 Å². The Balaban J connectivity index is 0.00000121. The third-order valence-corrected chi connectivity index (χ3v) is 2.78. The van der Waals surface area contributed by atoms with E-state index in [9.17, 15) is 4.79 Å². The molecule has 0 aromatic heterocycles. The second-order valence-corrected chi connectivity index (χ2v) is 3.83. The first-order chi connectivity index (χ1) is 8.19. The maximum absolute atomic E-state index is 11.5. The Bertz CT molecular complexity index is 204. The molecule has 0 aliphatic carbocycles. The summed E-state index contributed by atoms with van der Waals surface area (Å²) in [5.41, 5.74) is 0. The minimum atomic E-state index is -0.256. The summed E-state index contributed by atoms with van der Waals surface area (Å²) in [5.74, 6) is -0.207. The Labute approximate surface area is 105 Å². The summed E-state index contributed by atoms with van der Waals surface area (Å²) in [5, 5.41) is 0. The summed E-state index contributed by atoms with van der Waals surface area (Å²) in [6.07, 6.45) is 0. The monoisotopic (exact) mass is 246 g/mol. The van der Waals surface area contributed by atoms with Gasteiger partial charge in [0.15, 0.2) is 0 Å². The highest BCUT2D eigenvalue weighted by Crippen LogP contribution is 2.07. The zero-order valence-corrected chi connectivity index (χ0v) is 11.7. The lowest BCUT2D eigenvalue weighted by molar-refractivity contribution is -0.149. The SMILES string of the molecule is CC.COCC(C(=O)OC)N1CCN(C)CC1. The number of ether oxygens (including phenoxy) is 2. The minimum Gasteiger partial charge on any atom is -0.468 e. The van der Waals surface area contributed by atoms with Gasteiger partial charge in [0.1, 0.15) is 6.04 Å².